The standard InChI is InChI=1S/C14H25NO5/c1-14(19-9-10-20-14)6-3-2-4-8-18-12-5-7-15(11-12)13(16)17/h12H,2-11H2,1H3,(H,16,17). The van der Waals surface area contributed by atoms with Crippen molar-refractivity contribution in [3.8, 4) is 0 Å². The van der Waals surface area contributed by atoms with Crippen molar-refractivity contribution in [1.29, 1.82) is 0 Å². The molecule has 0 saturated carbocycles. The van der Waals surface area contributed by atoms with E-state index in [1.165, 1.54) is 4.90 Å². The zero-order chi connectivity index (χ0) is 14.4. The van der Waals surface area contributed by atoms with Crippen LogP contribution in [0.1, 0.15) is 39.0 Å². The second kappa shape index (κ2) is 7.24. The summed E-state index contributed by atoms with van der Waals surface area (Å²) >= 11 is 0. The Morgan fingerprint density at radius 2 is 2.10 bits per heavy atom. The first-order valence-corrected chi connectivity index (χ1v) is 7.46. The van der Waals surface area contributed by atoms with Gasteiger partial charge >= 0.3 is 6.09 Å². The molecule has 0 aliphatic carbocycles. The van der Waals surface area contributed by atoms with Gasteiger partial charge < -0.3 is 24.2 Å². The van der Waals surface area contributed by atoms with Crippen LogP contribution in [0.5, 0.6) is 0 Å². The predicted molar refractivity (Wildman–Crippen MR) is 72.7 cm³/mol. The molecule has 20 heavy (non-hydrogen) atoms. The van der Waals surface area contributed by atoms with Gasteiger partial charge in [-0.3, -0.25) is 0 Å². The Hall–Kier alpha value is -0.850. The smallest absolute Gasteiger partial charge is 0.407 e. The maximum absolute atomic E-state index is 10.8. The van der Waals surface area contributed by atoms with Crippen LogP contribution in [0.3, 0.4) is 0 Å². The van der Waals surface area contributed by atoms with E-state index < -0.39 is 6.09 Å². The fraction of sp³-hybridized carbons (Fsp3) is 0.929. The summed E-state index contributed by atoms with van der Waals surface area (Å²) < 4.78 is 16.8. The van der Waals surface area contributed by atoms with Crippen LogP contribution in [-0.4, -0.2) is 60.9 Å². The molecule has 2 rings (SSSR count). The second-order valence-electron chi connectivity index (χ2n) is 5.65. The summed E-state index contributed by atoms with van der Waals surface area (Å²) in [5.74, 6) is -0.381. The van der Waals surface area contributed by atoms with Crippen LogP contribution in [0, 0.1) is 0 Å². The molecule has 1 N–H and O–H groups in total. The SMILES string of the molecule is CC1(CCCCCOC2CCN(C(=O)O)C2)OCCO1. The molecule has 6 heteroatoms. The fourth-order valence-corrected chi connectivity index (χ4v) is 2.71. The number of rotatable bonds is 7. The summed E-state index contributed by atoms with van der Waals surface area (Å²) in [5, 5.41) is 8.85. The van der Waals surface area contributed by atoms with Crippen molar-refractivity contribution in [3.63, 3.8) is 0 Å². The third-order valence-corrected chi connectivity index (χ3v) is 3.94. The Balaban J connectivity index is 1.47. The van der Waals surface area contributed by atoms with Gasteiger partial charge in [0.25, 0.3) is 0 Å². The van der Waals surface area contributed by atoms with E-state index in [1.54, 1.807) is 0 Å². The lowest BCUT2D eigenvalue weighted by molar-refractivity contribution is -0.147. The zero-order valence-corrected chi connectivity index (χ0v) is 12.2. The van der Waals surface area contributed by atoms with Crippen LogP contribution in [0.4, 0.5) is 4.79 Å². The van der Waals surface area contributed by atoms with Gasteiger partial charge in [-0.25, -0.2) is 4.79 Å². The molecule has 0 radical (unpaired) electrons. The van der Waals surface area contributed by atoms with Gasteiger partial charge in [0.1, 0.15) is 0 Å². The van der Waals surface area contributed by atoms with Crippen LogP contribution in [0.15, 0.2) is 0 Å². The molecule has 2 fully saturated rings. The summed E-state index contributed by atoms with van der Waals surface area (Å²) in [5.41, 5.74) is 0. The maximum atomic E-state index is 10.8. The summed E-state index contributed by atoms with van der Waals surface area (Å²) in [7, 11) is 0. The number of likely N-dealkylation sites (tertiary alicyclic amines) is 1. The van der Waals surface area contributed by atoms with Crippen LogP contribution < -0.4 is 0 Å². The second-order valence-corrected chi connectivity index (χ2v) is 5.65. The summed E-state index contributed by atoms with van der Waals surface area (Å²) in [4.78, 5) is 12.2. The number of hydrogen-bond acceptors (Lipinski definition) is 4. The Morgan fingerprint density at radius 1 is 1.35 bits per heavy atom. The van der Waals surface area contributed by atoms with E-state index in [1.807, 2.05) is 6.92 Å². The average molecular weight is 287 g/mol. The quantitative estimate of drug-likeness (QED) is 0.726. The highest BCUT2D eigenvalue weighted by Crippen LogP contribution is 2.25. The van der Waals surface area contributed by atoms with E-state index in [4.69, 9.17) is 19.3 Å². The molecule has 0 aromatic rings. The van der Waals surface area contributed by atoms with E-state index >= 15 is 0 Å². The molecule has 0 spiro atoms. The number of hydrogen-bond donors (Lipinski definition) is 1. The first-order chi connectivity index (χ1) is 9.59. The largest absolute Gasteiger partial charge is 0.465 e. The van der Waals surface area contributed by atoms with Crippen molar-refractivity contribution in [2.24, 2.45) is 0 Å². The van der Waals surface area contributed by atoms with Gasteiger partial charge in [0.15, 0.2) is 5.79 Å². The summed E-state index contributed by atoms with van der Waals surface area (Å²) in [6, 6.07) is 0. The van der Waals surface area contributed by atoms with E-state index in [2.05, 4.69) is 0 Å². The Morgan fingerprint density at radius 3 is 2.75 bits per heavy atom. The number of nitrogens with zero attached hydrogens (tertiary/aromatic N) is 1. The van der Waals surface area contributed by atoms with Crippen molar-refractivity contribution in [2.45, 2.75) is 50.9 Å². The Kier molecular flexibility index (Phi) is 5.63. The molecule has 2 saturated heterocycles. The van der Waals surface area contributed by atoms with Crippen LogP contribution in [-0.2, 0) is 14.2 Å². The van der Waals surface area contributed by atoms with Crippen LogP contribution in [0.2, 0.25) is 0 Å². The third kappa shape index (κ3) is 4.61. The molecule has 0 aromatic heterocycles. The molecule has 0 aromatic carbocycles. The van der Waals surface area contributed by atoms with Crippen molar-refractivity contribution in [2.75, 3.05) is 32.9 Å². The number of ether oxygens (including phenoxy) is 3. The molecule has 116 valence electrons. The fourth-order valence-electron chi connectivity index (χ4n) is 2.71. The third-order valence-electron chi connectivity index (χ3n) is 3.94. The first kappa shape index (κ1) is 15.5. The van der Waals surface area contributed by atoms with Gasteiger partial charge in [0.05, 0.1) is 25.9 Å². The molecule has 1 atom stereocenters. The highest BCUT2D eigenvalue weighted by molar-refractivity contribution is 5.65. The molecule has 0 bridgehead atoms. The molecule has 1 amide bonds. The van der Waals surface area contributed by atoms with Gasteiger partial charge in [-0.1, -0.05) is 6.42 Å². The van der Waals surface area contributed by atoms with Gasteiger partial charge in [-0.2, -0.15) is 0 Å². The molecule has 6 nitrogen and oxygen atoms in total. The molecule has 2 heterocycles. The molecule has 1 unspecified atom stereocenters. The minimum atomic E-state index is -0.846. The lowest BCUT2D eigenvalue weighted by Crippen LogP contribution is -2.28. The minimum absolute atomic E-state index is 0.0742. The molecular weight excluding hydrogens is 262 g/mol. The summed E-state index contributed by atoms with van der Waals surface area (Å²) in [6.45, 7) is 5.19. The number of unbranched alkanes of at least 4 members (excludes halogenated alkanes) is 2. The average Bonchev–Trinajstić information content (AvgIpc) is 3.03. The molecular formula is C14H25NO5. The monoisotopic (exact) mass is 287 g/mol. The van der Waals surface area contributed by atoms with Crippen molar-refractivity contribution >= 4 is 6.09 Å². The van der Waals surface area contributed by atoms with Gasteiger partial charge in [0.2, 0.25) is 0 Å². The summed E-state index contributed by atoms with van der Waals surface area (Å²) in [6.07, 6.45) is 4.10. The lowest BCUT2D eigenvalue weighted by atomic mass is 10.1. The van der Waals surface area contributed by atoms with Crippen molar-refractivity contribution in [1.82, 2.24) is 4.90 Å². The van der Waals surface area contributed by atoms with Crippen LogP contribution in [0.25, 0.3) is 0 Å². The number of carbonyl (C=O) groups is 1. The maximum Gasteiger partial charge on any atom is 0.407 e. The Labute approximate surface area is 120 Å². The van der Waals surface area contributed by atoms with E-state index in [0.717, 1.165) is 32.1 Å². The van der Waals surface area contributed by atoms with E-state index in [-0.39, 0.29) is 11.9 Å². The van der Waals surface area contributed by atoms with Crippen molar-refractivity contribution in [3.05, 3.63) is 0 Å². The van der Waals surface area contributed by atoms with Gasteiger partial charge in [-0.05, 0) is 26.2 Å². The first-order valence-electron chi connectivity index (χ1n) is 7.46. The van der Waals surface area contributed by atoms with Crippen LogP contribution >= 0.6 is 0 Å². The zero-order valence-electron chi connectivity index (χ0n) is 12.2. The molecule has 2 aliphatic rings. The van der Waals surface area contributed by atoms with Crippen molar-refractivity contribution < 1.29 is 24.1 Å². The van der Waals surface area contributed by atoms with E-state index in [0.29, 0.717) is 32.9 Å². The van der Waals surface area contributed by atoms with E-state index in [9.17, 15) is 4.79 Å². The van der Waals surface area contributed by atoms with Gasteiger partial charge in [-0.15, -0.1) is 0 Å². The normalized spacial score (nSPS) is 25.2. The lowest BCUT2D eigenvalue weighted by Gasteiger charge is -2.21. The highest BCUT2D eigenvalue weighted by atomic mass is 16.7. The topological polar surface area (TPSA) is 68.2 Å². The van der Waals surface area contributed by atoms with Gasteiger partial charge in [0, 0.05) is 19.6 Å². The number of amides is 1. The Bertz CT molecular complexity index is 317. The number of carboxylic acid groups (broad SMARTS) is 1. The highest BCUT2D eigenvalue weighted by Gasteiger charge is 2.30. The predicted octanol–water partition coefficient (Wildman–Crippen LogP) is 2.08. The minimum Gasteiger partial charge on any atom is -0.465 e. The molecule has 2 aliphatic heterocycles.